The second-order valence-corrected chi connectivity index (χ2v) is 9.39. The van der Waals surface area contributed by atoms with Gasteiger partial charge in [0.1, 0.15) is 5.78 Å². The highest BCUT2D eigenvalue weighted by atomic mass is 32.2. The average molecular weight is 458 g/mol. The van der Waals surface area contributed by atoms with Gasteiger partial charge in [-0.25, -0.2) is 13.6 Å². The lowest BCUT2D eigenvalue weighted by Gasteiger charge is -2.18. The minimum Gasteiger partial charge on any atom is -0.481 e. The third kappa shape index (κ3) is 14.6. The molecule has 5 atom stereocenters. The highest BCUT2D eigenvalue weighted by Gasteiger charge is 2.39. The fraction of sp³-hybridized carbons (Fsp3) is 0.636. The van der Waals surface area contributed by atoms with Crippen molar-refractivity contribution in [3.8, 4) is 11.8 Å². The van der Waals surface area contributed by atoms with Crippen molar-refractivity contribution in [2.45, 2.75) is 64.6 Å². The lowest BCUT2D eigenvalue weighted by Crippen LogP contribution is -2.20. The zero-order valence-electron chi connectivity index (χ0n) is 18.4. The number of primary sulfonamides is 1. The number of aliphatic hydroxyl groups is 2. The number of allylic oxidation sites excluding steroid dienone is 2. The van der Waals surface area contributed by atoms with Crippen LogP contribution in [0.15, 0.2) is 24.3 Å². The average Bonchev–Trinajstić information content (AvgIpc) is 2.91. The number of aliphatic hydroxyl groups excluding tert-OH is 2. The number of aliphatic carboxylic acids is 1. The van der Waals surface area contributed by atoms with E-state index in [9.17, 15) is 28.2 Å². The molecule has 1 unspecified atom stereocenters. The Balaban J connectivity index is 0.00000161. The largest absolute Gasteiger partial charge is 0.481 e. The maximum absolute atomic E-state index is 12.1. The van der Waals surface area contributed by atoms with E-state index in [0.29, 0.717) is 25.7 Å². The molecular weight excluding hydrogens is 422 g/mol. The van der Waals surface area contributed by atoms with Crippen molar-refractivity contribution in [2.75, 3.05) is 6.26 Å². The van der Waals surface area contributed by atoms with Crippen molar-refractivity contribution in [2.24, 2.45) is 22.9 Å². The van der Waals surface area contributed by atoms with Crippen LogP contribution >= 0.6 is 0 Å². The van der Waals surface area contributed by atoms with Gasteiger partial charge in [-0.3, -0.25) is 9.59 Å². The van der Waals surface area contributed by atoms with Crippen LogP contribution in [0.2, 0.25) is 0 Å². The predicted octanol–water partition coefficient (Wildman–Crippen LogP) is 1.62. The second kappa shape index (κ2) is 14.9. The van der Waals surface area contributed by atoms with E-state index in [0.717, 1.165) is 6.26 Å². The molecule has 0 heterocycles. The van der Waals surface area contributed by atoms with Gasteiger partial charge in [0.25, 0.3) is 0 Å². The Kier molecular flexibility index (Phi) is 14.0. The van der Waals surface area contributed by atoms with E-state index in [4.69, 9.17) is 5.11 Å². The Morgan fingerprint density at radius 1 is 1.35 bits per heavy atom. The molecule has 1 aliphatic rings. The molecule has 176 valence electrons. The van der Waals surface area contributed by atoms with Gasteiger partial charge in [0.15, 0.2) is 0 Å². The number of Topliss-reactive ketones (excluding diaryl/α,β-unsaturated/α-hetero) is 1. The summed E-state index contributed by atoms with van der Waals surface area (Å²) in [6, 6.07) is 0. The van der Waals surface area contributed by atoms with E-state index in [1.165, 1.54) is 0 Å². The number of carboxylic acid groups (broad SMARTS) is 1. The Morgan fingerprint density at radius 2 is 1.97 bits per heavy atom. The summed E-state index contributed by atoms with van der Waals surface area (Å²) in [5, 5.41) is 33.3. The van der Waals surface area contributed by atoms with Crippen LogP contribution in [0.5, 0.6) is 0 Å². The van der Waals surface area contributed by atoms with Crippen molar-refractivity contribution in [3.63, 3.8) is 0 Å². The molecule has 1 aliphatic carbocycles. The molecular formula is C22H35NO7S. The molecule has 8 nitrogen and oxygen atoms in total. The van der Waals surface area contributed by atoms with Gasteiger partial charge < -0.3 is 15.3 Å². The van der Waals surface area contributed by atoms with Crippen molar-refractivity contribution in [1.29, 1.82) is 0 Å². The van der Waals surface area contributed by atoms with Crippen molar-refractivity contribution < 1.29 is 33.3 Å². The van der Waals surface area contributed by atoms with Gasteiger partial charge in [-0.1, -0.05) is 31.2 Å². The highest BCUT2D eigenvalue weighted by molar-refractivity contribution is 7.88. The lowest BCUT2D eigenvalue weighted by molar-refractivity contribution is -0.137. The number of unbranched alkanes of at least 4 members (excludes halogenated alkanes) is 1. The SMILES string of the molecule is CC#CCC(C)[C@H](O)/C=C/[C@H]1[C@H](O)CC(=O)[C@@H]1C/C=C\CCCC(=O)O.CS(N)(=O)=O. The van der Waals surface area contributed by atoms with E-state index in [-0.39, 0.29) is 36.4 Å². The minimum atomic E-state index is -3.17. The van der Waals surface area contributed by atoms with E-state index in [1.807, 2.05) is 19.1 Å². The van der Waals surface area contributed by atoms with Crippen molar-refractivity contribution in [3.05, 3.63) is 24.3 Å². The molecule has 0 spiro atoms. The van der Waals surface area contributed by atoms with Gasteiger partial charge in [-0.15, -0.1) is 11.8 Å². The first-order valence-corrected chi connectivity index (χ1v) is 12.1. The van der Waals surface area contributed by atoms with Crippen LogP contribution in [0.25, 0.3) is 0 Å². The first kappa shape index (κ1) is 29.0. The Bertz CT molecular complexity index is 784. The Morgan fingerprint density at radius 3 is 2.52 bits per heavy atom. The fourth-order valence-electron chi connectivity index (χ4n) is 3.07. The number of carbonyl (C=O) groups is 2. The van der Waals surface area contributed by atoms with Crippen LogP contribution in [0.4, 0.5) is 0 Å². The molecule has 0 aromatic carbocycles. The Hall–Kier alpha value is -1.99. The molecule has 0 aromatic rings. The second-order valence-electron chi connectivity index (χ2n) is 7.73. The summed E-state index contributed by atoms with van der Waals surface area (Å²) in [5.41, 5.74) is 0. The summed E-state index contributed by atoms with van der Waals surface area (Å²) in [6.07, 6.45) is 9.38. The van der Waals surface area contributed by atoms with Gasteiger partial charge in [0, 0.05) is 31.1 Å². The molecule has 0 aliphatic heterocycles. The molecule has 9 heteroatoms. The zero-order chi connectivity index (χ0) is 24.0. The number of sulfonamides is 1. The van der Waals surface area contributed by atoms with E-state index in [2.05, 4.69) is 17.0 Å². The summed E-state index contributed by atoms with van der Waals surface area (Å²) in [6.45, 7) is 3.67. The molecule has 1 saturated carbocycles. The summed E-state index contributed by atoms with van der Waals surface area (Å²) < 4.78 is 18.8. The number of hydrogen-bond acceptors (Lipinski definition) is 6. The van der Waals surface area contributed by atoms with Gasteiger partial charge in [0.2, 0.25) is 10.0 Å². The number of hydrogen-bond donors (Lipinski definition) is 4. The minimum absolute atomic E-state index is 0.0134. The zero-order valence-corrected chi connectivity index (χ0v) is 19.2. The van der Waals surface area contributed by atoms with Crippen LogP contribution in [0.1, 0.15) is 52.4 Å². The molecule has 0 saturated heterocycles. The number of nitrogens with two attached hydrogens (primary N) is 1. The summed E-state index contributed by atoms with van der Waals surface area (Å²) in [7, 11) is -3.17. The van der Waals surface area contributed by atoms with Gasteiger partial charge in [-0.05, 0) is 32.1 Å². The van der Waals surface area contributed by atoms with Crippen molar-refractivity contribution >= 4 is 21.8 Å². The molecule has 1 fully saturated rings. The first-order chi connectivity index (χ1) is 14.4. The van der Waals surface area contributed by atoms with Gasteiger partial charge in [-0.2, -0.15) is 0 Å². The molecule has 0 bridgehead atoms. The standard InChI is InChI=1S/C21H30O5.CH5NO2S/c1-3-4-9-15(2)18(22)13-12-17-16(19(23)14-20(17)24)10-7-5-6-8-11-21(25)26;1-5(2,3)4/h5,7,12-13,15-18,20,22,24H,6,8-11,14H2,1-2H3,(H,25,26);1H3,(H2,2,3,4)/b7-5-,13-12+;/t15?,16-,17-,18-,20-;/m1./s1. The van der Waals surface area contributed by atoms with Crippen LogP contribution in [-0.2, 0) is 19.6 Å². The summed E-state index contributed by atoms with van der Waals surface area (Å²) in [5.74, 6) is 4.35. The van der Waals surface area contributed by atoms with Crippen LogP contribution in [0, 0.1) is 29.6 Å². The molecule has 0 amide bonds. The first-order valence-electron chi connectivity index (χ1n) is 10.2. The lowest BCUT2D eigenvalue weighted by atomic mass is 9.89. The summed E-state index contributed by atoms with van der Waals surface area (Å²) >= 11 is 0. The van der Waals surface area contributed by atoms with Gasteiger partial charge >= 0.3 is 5.97 Å². The Labute approximate surface area is 185 Å². The molecule has 31 heavy (non-hydrogen) atoms. The van der Waals surface area contributed by atoms with Crippen LogP contribution in [0.3, 0.4) is 0 Å². The molecule has 0 radical (unpaired) electrons. The molecule has 0 aromatic heterocycles. The third-order valence-corrected chi connectivity index (χ3v) is 4.77. The maximum Gasteiger partial charge on any atom is 0.303 e. The highest BCUT2D eigenvalue weighted by Crippen LogP contribution is 2.33. The number of rotatable bonds is 10. The van der Waals surface area contributed by atoms with Crippen LogP contribution < -0.4 is 5.14 Å². The normalized spacial score (nSPS) is 23.2. The smallest absolute Gasteiger partial charge is 0.303 e. The molecule has 5 N–H and O–H groups in total. The number of carboxylic acids is 1. The van der Waals surface area contributed by atoms with E-state index in [1.54, 1.807) is 19.1 Å². The summed E-state index contributed by atoms with van der Waals surface area (Å²) in [4.78, 5) is 22.6. The van der Waals surface area contributed by atoms with Crippen molar-refractivity contribution in [1.82, 2.24) is 0 Å². The number of ketones is 1. The maximum atomic E-state index is 12.1. The topological polar surface area (TPSA) is 155 Å². The molecule has 1 rings (SSSR count). The van der Waals surface area contributed by atoms with Crippen LogP contribution in [-0.4, -0.2) is 54.0 Å². The predicted molar refractivity (Wildman–Crippen MR) is 119 cm³/mol. The number of carbonyl (C=O) groups excluding carboxylic acids is 1. The van der Waals surface area contributed by atoms with Gasteiger partial charge in [0.05, 0.1) is 18.5 Å². The fourth-order valence-corrected chi connectivity index (χ4v) is 3.07. The monoisotopic (exact) mass is 457 g/mol. The quantitative estimate of drug-likeness (QED) is 0.221. The van der Waals surface area contributed by atoms with E-state index < -0.39 is 28.2 Å². The third-order valence-electron chi connectivity index (χ3n) is 4.77. The van der Waals surface area contributed by atoms with E-state index >= 15 is 0 Å².